The summed E-state index contributed by atoms with van der Waals surface area (Å²) in [6.45, 7) is 6.21. The molecule has 20 heavy (non-hydrogen) atoms. The van der Waals surface area contributed by atoms with Gasteiger partial charge in [-0.3, -0.25) is 4.79 Å². The van der Waals surface area contributed by atoms with Crippen LogP contribution in [0.1, 0.15) is 37.0 Å². The van der Waals surface area contributed by atoms with Gasteiger partial charge in [-0.05, 0) is 58.9 Å². The van der Waals surface area contributed by atoms with Gasteiger partial charge < -0.3 is 10.6 Å². The molecule has 2 N–H and O–H groups in total. The Hall–Kier alpha value is -0.390. The number of hydrogen-bond donors (Lipinski definition) is 2. The monoisotopic (exact) mass is 402 g/mol. The van der Waals surface area contributed by atoms with Gasteiger partial charge in [0, 0.05) is 21.5 Å². The van der Waals surface area contributed by atoms with Gasteiger partial charge in [-0.2, -0.15) is 0 Å². The predicted octanol–water partition coefficient (Wildman–Crippen LogP) is 3.72. The molecule has 0 spiro atoms. The first kappa shape index (κ1) is 16.0. The van der Waals surface area contributed by atoms with Crippen molar-refractivity contribution in [1.82, 2.24) is 10.6 Å². The summed E-state index contributed by atoms with van der Waals surface area (Å²) in [6.07, 6.45) is 2.40. The number of carbonyl (C=O) groups is 1. The average Bonchev–Trinajstić information content (AvgIpc) is 2.36. The Kier molecular flexibility index (Phi) is 5.26. The number of benzene rings is 1. The minimum absolute atomic E-state index is 0.0347. The van der Waals surface area contributed by atoms with Crippen LogP contribution in [-0.2, 0) is 0 Å². The van der Waals surface area contributed by atoms with Gasteiger partial charge >= 0.3 is 0 Å². The minimum Gasteiger partial charge on any atom is -0.350 e. The van der Waals surface area contributed by atoms with E-state index in [1.807, 2.05) is 18.2 Å². The Morgan fingerprint density at radius 1 is 1.45 bits per heavy atom. The fourth-order valence-electron chi connectivity index (χ4n) is 2.58. The van der Waals surface area contributed by atoms with E-state index in [1.54, 1.807) is 0 Å². The van der Waals surface area contributed by atoms with E-state index in [4.69, 9.17) is 0 Å². The molecule has 1 aliphatic heterocycles. The molecular weight excluding hydrogens is 384 g/mol. The van der Waals surface area contributed by atoms with Gasteiger partial charge in [0.2, 0.25) is 0 Å². The summed E-state index contributed by atoms with van der Waals surface area (Å²) >= 11 is 6.82. The molecular formula is C15H20Br2N2O. The molecule has 0 radical (unpaired) electrons. The predicted molar refractivity (Wildman–Crippen MR) is 89.0 cm³/mol. The Morgan fingerprint density at radius 3 is 2.85 bits per heavy atom. The molecule has 0 aromatic heterocycles. The van der Waals surface area contributed by atoms with Crippen molar-refractivity contribution in [3.8, 4) is 0 Å². The summed E-state index contributed by atoms with van der Waals surface area (Å²) in [5.74, 6) is -0.0347. The molecule has 1 heterocycles. The first-order chi connectivity index (χ1) is 9.40. The number of rotatable bonds is 3. The number of carbonyl (C=O) groups excluding carboxylic acids is 1. The maximum atomic E-state index is 12.2. The molecule has 1 fully saturated rings. The molecule has 1 amide bonds. The average molecular weight is 404 g/mol. The summed E-state index contributed by atoms with van der Waals surface area (Å²) in [5.41, 5.74) is 0.893. The molecule has 0 bridgehead atoms. The maximum absolute atomic E-state index is 12.2. The highest BCUT2D eigenvalue weighted by Gasteiger charge is 2.32. The molecule has 1 aliphatic rings. The molecule has 0 saturated carbocycles. The molecule has 1 atom stereocenters. The SMILES string of the molecule is CC1(C)CCCNC1CNC(=O)c1ccc(Br)cc1Br. The van der Waals surface area contributed by atoms with Crippen molar-refractivity contribution in [2.75, 3.05) is 13.1 Å². The number of amides is 1. The lowest BCUT2D eigenvalue weighted by atomic mass is 9.77. The minimum atomic E-state index is -0.0347. The van der Waals surface area contributed by atoms with Gasteiger partial charge in [-0.15, -0.1) is 0 Å². The van der Waals surface area contributed by atoms with Crippen molar-refractivity contribution in [3.63, 3.8) is 0 Å². The lowest BCUT2D eigenvalue weighted by Crippen LogP contribution is -2.52. The highest BCUT2D eigenvalue weighted by molar-refractivity contribution is 9.11. The van der Waals surface area contributed by atoms with Crippen LogP contribution in [0.3, 0.4) is 0 Å². The Morgan fingerprint density at radius 2 is 2.20 bits per heavy atom. The molecule has 1 unspecified atom stereocenters. The van der Waals surface area contributed by atoms with E-state index in [9.17, 15) is 4.79 Å². The highest BCUT2D eigenvalue weighted by Crippen LogP contribution is 2.29. The van der Waals surface area contributed by atoms with Crippen molar-refractivity contribution < 1.29 is 4.79 Å². The van der Waals surface area contributed by atoms with Gasteiger partial charge in [0.25, 0.3) is 5.91 Å². The smallest absolute Gasteiger partial charge is 0.252 e. The molecule has 3 nitrogen and oxygen atoms in total. The third kappa shape index (κ3) is 3.83. The maximum Gasteiger partial charge on any atom is 0.252 e. The van der Waals surface area contributed by atoms with Crippen molar-refractivity contribution in [2.24, 2.45) is 5.41 Å². The molecule has 1 aromatic rings. The van der Waals surface area contributed by atoms with Crippen molar-refractivity contribution in [2.45, 2.75) is 32.7 Å². The van der Waals surface area contributed by atoms with E-state index in [2.05, 4.69) is 56.3 Å². The second-order valence-electron chi connectivity index (χ2n) is 5.93. The molecule has 1 saturated heterocycles. The van der Waals surface area contributed by atoms with Gasteiger partial charge in [-0.1, -0.05) is 29.8 Å². The molecule has 2 rings (SSSR count). The zero-order chi connectivity index (χ0) is 14.8. The number of piperidine rings is 1. The zero-order valence-corrected chi connectivity index (χ0v) is 15.0. The Labute approximate surface area is 137 Å². The van der Waals surface area contributed by atoms with Crippen LogP contribution in [0.5, 0.6) is 0 Å². The molecule has 1 aromatic carbocycles. The van der Waals surface area contributed by atoms with E-state index in [0.717, 1.165) is 15.5 Å². The lowest BCUT2D eigenvalue weighted by molar-refractivity contribution is 0.0928. The van der Waals surface area contributed by atoms with Crippen LogP contribution in [-0.4, -0.2) is 25.0 Å². The first-order valence-electron chi connectivity index (χ1n) is 6.87. The first-order valence-corrected chi connectivity index (χ1v) is 8.45. The number of nitrogens with one attached hydrogen (secondary N) is 2. The fourth-order valence-corrected chi connectivity index (χ4v) is 3.81. The quantitative estimate of drug-likeness (QED) is 0.807. The van der Waals surface area contributed by atoms with Gasteiger partial charge in [0.05, 0.1) is 5.56 Å². The van der Waals surface area contributed by atoms with Gasteiger partial charge in [0.15, 0.2) is 0 Å². The van der Waals surface area contributed by atoms with E-state index < -0.39 is 0 Å². The second-order valence-corrected chi connectivity index (χ2v) is 7.70. The van der Waals surface area contributed by atoms with Crippen LogP contribution in [0, 0.1) is 5.41 Å². The van der Waals surface area contributed by atoms with Crippen molar-refractivity contribution in [3.05, 3.63) is 32.7 Å². The van der Waals surface area contributed by atoms with Gasteiger partial charge in [0.1, 0.15) is 0 Å². The Bertz CT molecular complexity index is 503. The molecule has 110 valence electrons. The van der Waals surface area contributed by atoms with Crippen molar-refractivity contribution in [1.29, 1.82) is 0 Å². The van der Waals surface area contributed by atoms with Crippen molar-refractivity contribution >= 4 is 37.8 Å². The van der Waals surface area contributed by atoms with E-state index in [1.165, 1.54) is 12.8 Å². The topological polar surface area (TPSA) is 41.1 Å². The number of hydrogen-bond acceptors (Lipinski definition) is 2. The third-order valence-corrected chi connectivity index (χ3v) is 5.12. The third-order valence-electron chi connectivity index (χ3n) is 3.97. The van der Waals surface area contributed by atoms with Gasteiger partial charge in [-0.25, -0.2) is 0 Å². The van der Waals surface area contributed by atoms with E-state index in [-0.39, 0.29) is 11.3 Å². The van der Waals surface area contributed by atoms with Crippen LogP contribution in [0.25, 0.3) is 0 Å². The number of halogens is 2. The summed E-state index contributed by atoms with van der Waals surface area (Å²) in [6, 6.07) is 5.91. The second kappa shape index (κ2) is 6.58. The van der Waals surface area contributed by atoms with Crippen LogP contribution in [0.4, 0.5) is 0 Å². The van der Waals surface area contributed by atoms with Crippen LogP contribution >= 0.6 is 31.9 Å². The fraction of sp³-hybridized carbons (Fsp3) is 0.533. The van der Waals surface area contributed by atoms with Crippen LogP contribution < -0.4 is 10.6 Å². The summed E-state index contributed by atoms with van der Waals surface area (Å²) < 4.78 is 1.76. The lowest BCUT2D eigenvalue weighted by Gasteiger charge is -2.39. The van der Waals surface area contributed by atoms with E-state index in [0.29, 0.717) is 18.2 Å². The summed E-state index contributed by atoms with van der Waals surface area (Å²) in [4.78, 5) is 12.2. The van der Waals surface area contributed by atoms with Crippen LogP contribution in [0.2, 0.25) is 0 Å². The standard InChI is InChI=1S/C15H20Br2N2O/c1-15(2)6-3-7-18-13(15)9-19-14(20)11-5-4-10(16)8-12(11)17/h4-5,8,13,18H,3,6-7,9H2,1-2H3,(H,19,20). The Balaban J connectivity index is 1.98. The zero-order valence-electron chi connectivity index (χ0n) is 11.8. The molecule has 5 heteroatoms. The summed E-state index contributed by atoms with van der Waals surface area (Å²) in [7, 11) is 0. The van der Waals surface area contributed by atoms with E-state index >= 15 is 0 Å². The highest BCUT2D eigenvalue weighted by atomic mass is 79.9. The normalized spacial score (nSPS) is 21.5. The molecule has 0 aliphatic carbocycles. The van der Waals surface area contributed by atoms with Crippen LogP contribution in [0.15, 0.2) is 27.1 Å². The summed E-state index contributed by atoms with van der Waals surface area (Å²) in [5, 5.41) is 6.54. The largest absolute Gasteiger partial charge is 0.350 e.